The van der Waals surface area contributed by atoms with Gasteiger partial charge in [-0.25, -0.2) is 10.1 Å². The zero-order valence-corrected chi connectivity index (χ0v) is 16.6. The fourth-order valence-electron chi connectivity index (χ4n) is 4.57. The first-order chi connectivity index (χ1) is 13.5. The Bertz CT molecular complexity index is 935. The van der Waals surface area contributed by atoms with E-state index in [-0.39, 0.29) is 5.70 Å². The molecular weight excluding hydrogens is 346 g/mol. The summed E-state index contributed by atoms with van der Waals surface area (Å²) in [6, 6.07) is 6.62. The van der Waals surface area contributed by atoms with Crippen molar-refractivity contribution in [3.05, 3.63) is 69.4 Å². The molecule has 28 heavy (non-hydrogen) atoms. The highest BCUT2D eigenvalue weighted by atomic mass is 16.5. The molecule has 0 N–H and O–H groups in total. The van der Waals surface area contributed by atoms with E-state index < -0.39 is 5.60 Å². The summed E-state index contributed by atoms with van der Waals surface area (Å²) in [5, 5.41) is 9.23. The summed E-state index contributed by atoms with van der Waals surface area (Å²) in [5.74, 6) is 0.704. The van der Waals surface area contributed by atoms with Gasteiger partial charge in [0, 0.05) is 25.2 Å². The molecule has 0 atom stereocenters. The van der Waals surface area contributed by atoms with Gasteiger partial charge < -0.3 is 9.64 Å². The minimum Gasteiger partial charge on any atom is -0.488 e. The molecule has 1 aromatic rings. The number of nitriles is 1. The van der Waals surface area contributed by atoms with Crippen LogP contribution in [0, 0.1) is 17.9 Å². The normalized spacial score (nSPS) is 21.9. The first-order valence-corrected chi connectivity index (χ1v) is 9.99. The quantitative estimate of drug-likeness (QED) is 0.531. The molecule has 0 amide bonds. The largest absolute Gasteiger partial charge is 0.488 e. The summed E-state index contributed by atoms with van der Waals surface area (Å²) < 4.78 is 6.08. The zero-order valence-electron chi connectivity index (χ0n) is 16.6. The zero-order chi connectivity index (χ0) is 19.7. The van der Waals surface area contributed by atoms with E-state index in [1.807, 2.05) is 32.1 Å². The van der Waals surface area contributed by atoms with E-state index in [2.05, 4.69) is 28.0 Å². The lowest BCUT2D eigenvalue weighted by molar-refractivity contribution is 0.0356. The van der Waals surface area contributed by atoms with Crippen LogP contribution in [0.2, 0.25) is 0 Å². The van der Waals surface area contributed by atoms with Crippen molar-refractivity contribution in [3.63, 3.8) is 0 Å². The van der Waals surface area contributed by atoms with Gasteiger partial charge >= 0.3 is 0 Å². The predicted molar refractivity (Wildman–Crippen MR) is 111 cm³/mol. The monoisotopic (exact) mass is 371 g/mol. The van der Waals surface area contributed by atoms with Crippen LogP contribution in [0.15, 0.2) is 41.3 Å². The Morgan fingerprint density at radius 3 is 2.50 bits per heavy atom. The van der Waals surface area contributed by atoms with Crippen LogP contribution >= 0.6 is 0 Å². The number of benzene rings is 1. The van der Waals surface area contributed by atoms with E-state index in [0.717, 1.165) is 18.4 Å². The number of allylic oxidation sites excluding steroid dienone is 3. The van der Waals surface area contributed by atoms with Crippen LogP contribution in [0.5, 0.6) is 0 Å². The van der Waals surface area contributed by atoms with E-state index in [1.165, 1.54) is 48.3 Å². The standard InChI is InChI=1S/C24H25N3O/c1-24(2)15-20(22(16-25)26-3)14-21(28-24)9-8-17-12-18-6-4-10-27-11-5-7-19(13-17)23(18)27/h8-9,12-14H,4-7,10-11,15H2,1-2H3. The van der Waals surface area contributed by atoms with Crippen LogP contribution in [-0.4, -0.2) is 18.7 Å². The van der Waals surface area contributed by atoms with Gasteiger partial charge in [-0.05, 0) is 86.1 Å². The van der Waals surface area contributed by atoms with Crippen molar-refractivity contribution < 1.29 is 4.74 Å². The molecule has 0 unspecified atom stereocenters. The third-order valence-corrected chi connectivity index (χ3v) is 5.64. The minimum atomic E-state index is -0.432. The second kappa shape index (κ2) is 7.21. The Morgan fingerprint density at radius 2 is 1.89 bits per heavy atom. The first-order valence-electron chi connectivity index (χ1n) is 9.99. The Hall–Kier alpha value is -2.98. The first kappa shape index (κ1) is 18.4. The van der Waals surface area contributed by atoms with Crippen molar-refractivity contribution in [2.24, 2.45) is 0 Å². The SMILES string of the molecule is [C-]#[N+]C(C#N)=C1C=C(C=Cc2cc3c4c(c2)CCCN4CCC3)OC(C)(C)C1. The molecule has 4 heteroatoms. The van der Waals surface area contributed by atoms with Crippen molar-refractivity contribution >= 4 is 11.8 Å². The van der Waals surface area contributed by atoms with Crippen molar-refractivity contribution in [2.75, 3.05) is 18.0 Å². The molecule has 3 aliphatic heterocycles. The Kier molecular flexibility index (Phi) is 4.73. The highest BCUT2D eigenvalue weighted by Crippen LogP contribution is 2.37. The van der Waals surface area contributed by atoms with Gasteiger partial charge in [0.15, 0.2) is 0 Å². The smallest absolute Gasteiger partial charge is 0.265 e. The molecule has 1 aromatic carbocycles. The molecule has 0 radical (unpaired) electrons. The van der Waals surface area contributed by atoms with Crippen LogP contribution in [0.3, 0.4) is 0 Å². The van der Waals surface area contributed by atoms with Gasteiger partial charge in [0.05, 0.1) is 12.6 Å². The van der Waals surface area contributed by atoms with Gasteiger partial charge in [0.25, 0.3) is 5.70 Å². The predicted octanol–water partition coefficient (Wildman–Crippen LogP) is 5.18. The van der Waals surface area contributed by atoms with Gasteiger partial charge in [-0.2, -0.15) is 0 Å². The number of anilines is 1. The minimum absolute atomic E-state index is 0.153. The Morgan fingerprint density at radius 1 is 1.21 bits per heavy atom. The van der Waals surface area contributed by atoms with E-state index in [4.69, 9.17) is 11.3 Å². The average molecular weight is 371 g/mol. The molecule has 0 bridgehead atoms. The number of aryl methyl sites for hydroxylation is 2. The molecule has 142 valence electrons. The topological polar surface area (TPSA) is 40.6 Å². The third-order valence-electron chi connectivity index (χ3n) is 5.64. The maximum absolute atomic E-state index is 9.23. The molecule has 0 aliphatic carbocycles. The fraction of sp³-hybridized carbons (Fsp3) is 0.417. The fourth-order valence-corrected chi connectivity index (χ4v) is 4.57. The summed E-state index contributed by atoms with van der Waals surface area (Å²) in [5.41, 5.74) is 6.07. The van der Waals surface area contributed by atoms with Crippen LogP contribution < -0.4 is 4.90 Å². The maximum Gasteiger partial charge on any atom is 0.265 e. The van der Waals surface area contributed by atoms with Crippen molar-refractivity contribution in [3.8, 4) is 6.07 Å². The van der Waals surface area contributed by atoms with Gasteiger partial charge in [0.1, 0.15) is 11.4 Å². The molecule has 0 spiro atoms. The van der Waals surface area contributed by atoms with Crippen molar-refractivity contribution in [1.82, 2.24) is 0 Å². The van der Waals surface area contributed by atoms with Gasteiger partial charge in [-0.3, -0.25) is 0 Å². The summed E-state index contributed by atoms with van der Waals surface area (Å²) in [6.07, 6.45) is 11.2. The molecule has 4 rings (SSSR count). The van der Waals surface area contributed by atoms with E-state index in [0.29, 0.717) is 12.2 Å². The molecule has 0 aromatic heterocycles. The second-order valence-electron chi connectivity index (χ2n) is 8.40. The van der Waals surface area contributed by atoms with Crippen LogP contribution in [0.25, 0.3) is 10.9 Å². The van der Waals surface area contributed by atoms with Crippen LogP contribution in [0.1, 0.15) is 49.8 Å². The van der Waals surface area contributed by atoms with Crippen LogP contribution in [0.4, 0.5) is 5.69 Å². The van der Waals surface area contributed by atoms with Crippen molar-refractivity contribution in [1.29, 1.82) is 5.26 Å². The number of ether oxygens (including phenoxy) is 1. The van der Waals surface area contributed by atoms with E-state index in [9.17, 15) is 5.26 Å². The molecule has 4 nitrogen and oxygen atoms in total. The second-order valence-corrected chi connectivity index (χ2v) is 8.40. The van der Waals surface area contributed by atoms with Gasteiger partial charge in [-0.15, -0.1) is 0 Å². The maximum atomic E-state index is 9.23. The number of rotatable bonds is 2. The van der Waals surface area contributed by atoms with Gasteiger partial charge in [-0.1, -0.05) is 6.08 Å². The molecule has 0 saturated heterocycles. The highest BCUT2D eigenvalue weighted by Gasteiger charge is 2.28. The molecule has 3 heterocycles. The third kappa shape index (κ3) is 3.56. The highest BCUT2D eigenvalue weighted by molar-refractivity contribution is 5.68. The summed E-state index contributed by atoms with van der Waals surface area (Å²) in [6.45, 7) is 13.6. The average Bonchev–Trinajstić information content (AvgIpc) is 2.67. The molecular formula is C24H25N3O. The summed E-state index contributed by atoms with van der Waals surface area (Å²) in [4.78, 5) is 5.92. The molecule has 3 aliphatic rings. The summed E-state index contributed by atoms with van der Waals surface area (Å²) in [7, 11) is 0. The Labute approximate surface area is 167 Å². The lowest BCUT2D eigenvalue weighted by atomic mass is 9.90. The van der Waals surface area contributed by atoms with E-state index >= 15 is 0 Å². The summed E-state index contributed by atoms with van der Waals surface area (Å²) >= 11 is 0. The molecule has 0 fully saturated rings. The number of hydrogen-bond acceptors (Lipinski definition) is 3. The number of hydrogen-bond donors (Lipinski definition) is 0. The van der Waals surface area contributed by atoms with E-state index in [1.54, 1.807) is 0 Å². The lowest BCUT2D eigenvalue weighted by Gasteiger charge is -2.37. The number of nitrogens with zero attached hydrogens (tertiary/aromatic N) is 3. The van der Waals surface area contributed by atoms with Crippen LogP contribution in [-0.2, 0) is 17.6 Å². The Balaban J connectivity index is 1.67. The van der Waals surface area contributed by atoms with Gasteiger partial charge in [0.2, 0.25) is 0 Å². The van der Waals surface area contributed by atoms with Crippen molar-refractivity contribution in [2.45, 2.75) is 51.6 Å². The molecule has 0 saturated carbocycles. The lowest BCUT2D eigenvalue weighted by Crippen LogP contribution is -2.34.